The fourth-order valence-corrected chi connectivity index (χ4v) is 3.24. The summed E-state index contributed by atoms with van der Waals surface area (Å²) >= 11 is 0. The highest BCUT2D eigenvalue weighted by atomic mass is 16.5. The van der Waals surface area contributed by atoms with Crippen molar-refractivity contribution >= 4 is 16.8 Å². The van der Waals surface area contributed by atoms with E-state index >= 15 is 0 Å². The van der Waals surface area contributed by atoms with Crippen LogP contribution in [0.2, 0.25) is 0 Å². The van der Waals surface area contributed by atoms with Crippen molar-refractivity contribution in [2.75, 3.05) is 13.7 Å². The maximum atomic E-state index is 12.5. The van der Waals surface area contributed by atoms with Crippen molar-refractivity contribution in [1.29, 1.82) is 0 Å². The van der Waals surface area contributed by atoms with E-state index in [-0.39, 0.29) is 24.2 Å². The first-order valence-electron chi connectivity index (χ1n) is 8.71. The topological polar surface area (TPSA) is 85.2 Å². The lowest BCUT2D eigenvalue weighted by Crippen LogP contribution is -2.41. The van der Waals surface area contributed by atoms with Crippen LogP contribution >= 0.6 is 0 Å². The van der Waals surface area contributed by atoms with Crippen molar-refractivity contribution < 1.29 is 9.53 Å². The fraction of sp³-hybridized carbons (Fsp3) is 0.500. The van der Waals surface area contributed by atoms with E-state index in [9.17, 15) is 9.59 Å². The zero-order valence-electron chi connectivity index (χ0n) is 14.5. The van der Waals surface area contributed by atoms with Crippen LogP contribution in [0.15, 0.2) is 29.1 Å². The molecule has 0 atom stereocenters. The molecule has 7 nitrogen and oxygen atoms in total. The molecule has 7 heteroatoms. The Balaban J connectivity index is 1.78. The molecule has 0 bridgehead atoms. The van der Waals surface area contributed by atoms with Gasteiger partial charge in [-0.05, 0) is 18.9 Å². The quantitative estimate of drug-likeness (QED) is 0.836. The van der Waals surface area contributed by atoms with Crippen LogP contribution in [0.4, 0.5) is 4.79 Å². The summed E-state index contributed by atoms with van der Waals surface area (Å²) in [6.07, 6.45) is 4.41. The van der Waals surface area contributed by atoms with Crippen molar-refractivity contribution in [2.24, 2.45) is 0 Å². The number of hydrogen-bond acceptors (Lipinski definition) is 4. The van der Waals surface area contributed by atoms with Gasteiger partial charge >= 0.3 is 6.03 Å². The summed E-state index contributed by atoms with van der Waals surface area (Å²) in [7, 11) is 1.59. The fourth-order valence-electron chi connectivity index (χ4n) is 3.24. The van der Waals surface area contributed by atoms with E-state index in [0.29, 0.717) is 24.2 Å². The number of aromatic nitrogens is 2. The normalized spacial score (nSPS) is 14.8. The number of amides is 2. The molecule has 0 saturated heterocycles. The molecular weight excluding hydrogens is 320 g/mol. The van der Waals surface area contributed by atoms with E-state index < -0.39 is 0 Å². The predicted octanol–water partition coefficient (Wildman–Crippen LogP) is 1.78. The SMILES string of the molecule is COCCn1nc(CNC(=O)NC2CCCC2)c2ccccc2c1=O. The summed E-state index contributed by atoms with van der Waals surface area (Å²) in [5.74, 6) is 0. The highest BCUT2D eigenvalue weighted by molar-refractivity contribution is 5.84. The number of nitrogens with zero attached hydrogens (tertiary/aromatic N) is 2. The van der Waals surface area contributed by atoms with E-state index in [2.05, 4.69) is 15.7 Å². The van der Waals surface area contributed by atoms with Gasteiger partial charge in [0.1, 0.15) is 0 Å². The number of ether oxygens (including phenoxy) is 1. The number of benzene rings is 1. The number of methoxy groups -OCH3 is 1. The lowest BCUT2D eigenvalue weighted by atomic mass is 10.1. The third-order valence-corrected chi connectivity index (χ3v) is 4.56. The van der Waals surface area contributed by atoms with Crippen LogP contribution in [0.1, 0.15) is 31.4 Å². The van der Waals surface area contributed by atoms with Crippen LogP contribution in [-0.2, 0) is 17.8 Å². The second-order valence-corrected chi connectivity index (χ2v) is 6.32. The first kappa shape index (κ1) is 17.4. The lowest BCUT2D eigenvalue weighted by molar-refractivity contribution is 0.181. The largest absolute Gasteiger partial charge is 0.383 e. The Morgan fingerprint density at radius 2 is 2.00 bits per heavy atom. The first-order valence-corrected chi connectivity index (χ1v) is 8.71. The Morgan fingerprint density at radius 3 is 2.72 bits per heavy atom. The molecular formula is C18H24N4O3. The van der Waals surface area contributed by atoms with E-state index in [4.69, 9.17) is 4.74 Å². The molecule has 0 unspecified atom stereocenters. The second kappa shape index (κ2) is 8.11. The van der Waals surface area contributed by atoms with Crippen LogP contribution in [0.25, 0.3) is 10.8 Å². The van der Waals surface area contributed by atoms with Crippen LogP contribution in [0.5, 0.6) is 0 Å². The standard InChI is InChI=1S/C18H24N4O3/c1-25-11-10-22-17(23)15-9-5-4-8-14(15)16(21-22)12-19-18(24)20-13-6-2-3-7-13/h4-5,8-9,13H,2-3,6-7,10-12H2,1H3,(H2,19,20,24). The van der Waals surface area contributed by atoms with Crippen molar-refractivity contribution in [3.8, 4) is 0 Å². The average Bonchev–Trinajstić information content (AvgIpc) is 3.13. The zero-order valence-corrected chi connectivity index (χ0v) is 14.5. The molecule has 2 aromatic rings. The summed E-state index contributed by atoms with van der Waals surface area (Å²) in [5.41, 5.74) is 0.527. The molecule has 1 aliphatic carbocycles. The number of carbonyl (C=O) groups excluding carboxylic acids is 1. The maximum Gasteiger partial charge on any atom is 0.315 e. The monoisotopic (exact) mass is 344 g/mol. The zero-order chi connectivity index (χ0) is 17.6. The minimum atomic E-state index is -0.188. The molecule has 1 heterocycles. The molecule has 1 saturated carbocycles. The van der Waals surface area contributed by atoms with E-state index in [1.54, 1.807) is 13.2 Å². The summed E-state index contributed by atoms with van der Waals surface area (Å²) < 4.78 is 6.45. The summed E-state index contributed by atoms with van der Waals surface area (Å²) in [6, 6.07) is 7.41. The van der Waals surface area contributed by atoms with Crippen LogP contribution in [0.3, 0.4) is 0 Å². The number of hydrogen-bond donors (Lipinski definition) is 2. The molecule has 134 valence electrons. The number of nitrogens with one attached hydrogen (secondary N) is 2. The minimum absolute atomic E-state index is 0.146. The Morgan fingerprint density at radius 1 is 1.28 bits per heavy atom. The summed E-state index contributed by atoms with van der Waals surface area (Å²) in [4.78, 5) is 24.6. The molecule has 0 radical (unpaired) electrons. The molecule has 0 spiro atoms. The summed E-state index contributed by atoms with van der Waals surface area (Å²) in [5, 5.41) is 11.6. The van der Waals surface area contributed by atoms with Crippen molar-refractivity contribution in [2.45, 2.75) is 44.8 Å². The third-order valence-electron chi connectivity index (χ3n) is 4.56. The Bertz CT molecular complexity index is 796. The molecule has 3 rings (SSSR count). The van der Waals surface area contributed by atoms with Gasteiger partial charge in [-0.3, -0.25) is 4.79 Å². The van der Waals surface area contributed by atoms with Crippen molar-refractivity contribution in [3.05, 3.63) is 40.3 Å². The number of fused-ring (bicyclic) bond motifs is 1. The lowest BCUT2D eigenvalue weighted by Gasteiger charge is -2.14. The van der Waals surface area contributed by atoms with Gasteiger partial charge in [0.25, 0.3) is 5.56 Å². The van der Waals surface area contributed by atoms with Gasteiger partial charge < -0.3 is 15.4 Å². The molecule has 1 aromatic carbocycles. The molecule has 2 amide bonds. The minimum Gasteiger partial charge on any atom is -0.383 e. The predicted molar refractivity (Wildman–Crippen MR) is 95.5 cm³/mol. The Labute approximate surface area is 146 Å². The number of carbonyl (C=O) groups is 1. The Kier molecular flexibility index (Phi) is 5.65. The molecule has 0 aliphatic heterocycles. The smallest absolute Gasteiger partial charge is 0.315 e. The molecule has 25 heavy (non-hydrogen) atoms. The van der Waals surface area contributed by atoms with Gasteiger partial charge in [-0.1, -0.05) is 31.0 Å². The summed E-state index contributed by atoms with van der Waals surface area (Å²) in [6.45, 7) is 1.05. The van der Waals surface area contributed by atoms with E-state index in [0.717, 1.165) is 18.2 Å². The van der Waals surface area contributed by atoms with Crippen molar-refractivity contribution in [1.82, 2.24) is 20.4 Å². The van der Waals surface area contributed by atoms with Crippen molar-refractivity contribution in [3.63, 3.8) is 0 Å². The Hall–Kier alpha value is -2.41. The van der Waals surface area contributed by atoms with Gasteiger partial charge in [-0.25, -0.2) is 9.48 Å². The van der Waals surface area contributed by atoms with Gasteiger partial charge in [-0.2, -0.15) is 5.10 Å². The highest BCUT2D eigenvalue weighted by Crippen LogP contribution is 2.17. The van der Waals surface area contributed by atoms with Gasteiger partial charge in [0.05, 0.1) is 30.8 Å². The van der Waals surface area contributed by atoms with E-state index in [1.807, 2.05) is 18.2 Å². The molecule has 1 fully saturated rings. The van der Waals surface area contributed by atoms with Gasteiger partial charge in [0, 0.05) is 18.5 Å². The van der Waals surface area contributed by atoms with Crippen LogP contribution in [-0.4, -0.2) is 35.6 Å². The maximum absolute atomic E-state index is 12.5. The molecule has 1 aromatic heterocycles. The van der Waals surface area contributed by atoms with Crippen LogP contribution < -0.4 is 16.2 Å². The highest BCUT2D eigenvalue weighted by Gasteiger charge is 2.17. The third kappa shape index (κ3) is 4.17. The van der Waals surface area contributed by atoms with E-state index in [1.165, 1.54) is 17.5 Å². The van der Waals surface area contributed by atoms with Gasteiger partial charge in [-0.15, -0.1) is 0 Å². The second-order valence-electron chi connectivity index (χ2n) is 6.32. The van der Waals surface area contributed by atoms with Gasteiger partial charge in [0.15, 0.2) is 0 Å². The van der Waals surface area contributed by atoms with Gasteiger partial charge in [0.2, 0.25) is 0 Å². The average molecular weight is 344 g/mol. The first-order chi connectivity index (χ1) is 12.2. The molecule has 1 aliphatic rings. The number of urea groups is 1. The number of rotatable bonds is 6. The van der Waals surface area contributed by atoms with Crippen LogP contribution in [0, 0.1) is 0 Å². The molecule has 2 N–H and O–H groups in total.